The Morgan fingerprint density at radius 3 is 2.50 bits per heavy atom. The molecule has 0 aliphatic carbocycles. The van der Waals surface area contributed by atoms with Gasteiger partial charge in [0.25, 0.3) is 0 Å². The molecule has 2 aliphatic rings. The average molecular weight is 495 g/mol. The van der Waals surface area contributed by atoms with Crippen LogP contribution in [0.2, 0.25) is 0 Å². The van der Waals surface area contributed by atoms with Crippen LogP contribution >= 0.6 is 11.8 Å². The lowest BCUT2D eigenvalue weighted by Crippen LogP contribution is -2.60. The first-order valence-corrected chi connectivity index (χ1v) is 12.3. The number of halogens is 2. The van der Waals surface area contributed by atoms with Crippen molar-refractivity contribution in [2.45, 2.75) is 61.4 Å². The predicted molar refractivity (Wildman–Crippen MR) is 122 cm³/mol. The number of aliphatic hydroxyl groups is 2. The van der Waals surface area contributed by atoms with Crippen LogP contribution in [0.15, 0.2) is 47.4 Å². The molecule has 0 amide bonds. The lowest BCUT2D eigenvalue weighted by molar-refractivity contribution is -0.296. The maximum absolute atomic E-state index is 14.6. The monoisotopic (exact) mass is 494 g/mol. The minimum Gasteiger partial charge on any atom is -0.435 e. The SMILES string of the molecule is CCOC(=O)OCC1OC(c2ccc3c(c2)[C@H](c2ccc(CC)cc2)CS3)C(O)C(O)C1(F)F. The molecule has 34 heavy (non-hydrogen) atoms. The van der Waals surface area contributed by atoms with Crippen molar-refractivity contribution >= 4 is 17.9 Å². The van der Waals surface area contributed by atoms with Gasteiger partial charge in [-0.2, -0.15) is 0 Å². The van der Waals surface area contributed by atoms with E-state index in [1.165, 1.54) is 5.56 Å². The summed E-state index contributed by atoms with van der Waals surface area (Å²) in [6.07, 6.45) is -7.56. The second kappa shape index (κ2) is 10.2. The van der Waals surface area contributed by atoms with Gasteiger partial charge in [0.15, 0.2) is 6.10 Å². The largest absolute Gasteiger partial charge is 0.508 e. The van der Waals surface area contributed by atoms with E-state index >= 15 is 0 Å². The Morgan fingerprint density at radius 2 is 1.82 bits per heavy atom. The van der Waals surface area contributed by atoms with Crippen LogP contribution in [-0.4, -0.2) is 59.6 Å². The van der Waals surface area contributed by atoms with E-state index in [1.807, 2.05) is 12.1 Å². The molecule has 1 saturated heterocycles. The number of rotatable bonds is 6. The number of carbonyl (C=O) groups excluding carboxylic acids is 1. The summed E-state index contributed by atoms with van der Waals surface area (Å²) >= 11 is 1.71. The zero-order valence-electron chi connectivity index (χ0n) is 18.9. The summed E-state index contributed by atoms with van der Waals surface area (Å²) in [5.41, 5.74) is 3.89. The van der Waals surface area contributed by atoms with E-state index in [0.29, 0.717) is 5.56 Å². The maximum atomic E-state index is 14.6. The molecule has 0 radical (unpaired) electrons. The third-order valence-corrected chi connectivity index (χ3v) is 7.50. The first-order chi connectivity index (χ1) is 16.3. The highest BCUT2D eigenvalue weighted by atomic mass is 32.2. The number of aryl methyl sites for hydroxylation is 1. The summed E-state index contributed by atoms with van der Waals surface area (Å²) in [6, 6.07) is 13.8. The third kappa shape index (κ3) is 4.79. The predicted octanol–water partition coefficient (Wildman–Crippen LogP) is 4.46. The summed E-state index contributed by atoms with van der Waals surface area (Å²) in [6.45, 7) is 2.86. The smallest absolute Gasteiger partial charge is 0.435 e. The number of hydrogen-bond acceptors (Lipinski definition) is 7. The van der Waals surface area contributed by atoms with E-state index in [2.05, 4.69) is 35.9 Å². The van der Waals surface area contributed by atoms with Crippen LogP contribution in [0.1, 0.15) is 48.1 Å². The van der Waals surface area contributed by atoms with Crippen molar-refractivity contribution in [2.24, 2.45) is 0 Å². The zero-order valence-corrected chi connectivity index (χ0v) is 19.8. The molecular weight excluding hydrogens is 466 g/mol. The lowest BCUT2D eigenvalue weighted by Gasteiger charge is -2.42. The second-order valence-electron chi connectivity index (χ2n) is 8.41. The average Bonchev–Trinajstić information content (AvgIpc) is 3.26. The molecule has 2 aliphatic heterocycles. The first kappa shape index (κ1) is 24.9. The quantitative estimate of drug-likeness (QED) is 0.574. The van der Waals surface area contributed by atoms with E-state index in [-0.39, 0.29) is 12.5 Å². The molecule has 2 N–H and O–H groups in total. The minimum absolute atomic E-state index is 0.0280. The van der Waals surface area contributed by atoms with Crippen LogP contribution in [0.3, 0.4) is 0 Å². The van der Waals surface area contributed by atoms with Gasteiger partial charge in [-0.15, -0.1) is 11.8 Å². The van der Waals surface area contributed by atoms with E-state index < -0.39 is 43.1 Å². The van der Waals surface area contributed by atoms with Crippen molar-refractivity contribution in [3.05, 3.63) is 64.7 Å². The Balaban J connectivity index is 1.58. The van der Waals surface area contributed by atoms with Gasteiger partial charge in [0.2, 0.25) is 0 Å². The van der Waals surface area contributed by atoms with Gasteiger partial charge < -0.3 is 24.4 Å². The lowest BCUT2D eigenvalue weighted by atomic mass is 9.87. The maximum Gasteiger partial charge on any atom is 0.508 e. The Bertz CT molecular complexity index is 1010. The molecule has 184 valence electrons. The van der Waals surface area contributed by atoms with Gasteiger partial charge in [-0.1, -0.05) is 43.3 Å². The molecule has 6 nitrogen and oxygen atoms in total. The number of fused-ring (bicyclic) bond motifs is 1. The van der Waals surface area contributed by atoms with E-state index in [0.717, 1.165) is 28.2 Å². The fraction of sp³-hybridized carbons (Fsp3) is 0.480. The van der Waals surface area contributed by atoms with Crippen LogP contribution in [0, 0.1) is 0 Å². The summed E-state index contributed by atoms with van der Waals surface area (Å²) < 4.78 is 44.1. The fourth-order valence-electron chi connectivity index (χ4n) is 4.33. The van der Waals surface area contributed by atoms with E-state index in [1.54, 1.807) is 24.8 Å². The molecule has 0 bridgehead atoms. The van der Waals surface area contributed by atoms with Crippen molar-refractivity contribution in [3.63, 3.8) is 0 Å². The summed E-state index contributed by atoms with van der Waals surface area (Å²) in [4.78, 5) is 12.5. The van der Waals surface area contributed by atoms with Crippen LogP contribution < -0.4 is 0 Å². The second-order valence-corrected chi connectivity index (χ2v) is 9.47. The molecule has 5 atom stereocenters. The van der Waals surface area contributed by atoms with Crippen LogP contribution in [0.4, 0.5) is 13.6 Å². The van der Waals surface area contributed by atoms with Crippen LogP contribution in [0.5, 0.6) is 0 Å². The number of aliphatic hydroxyl groups excluding tert-OH is 2. The third-order valence-electron chi connectivity index (χ3n) is 6.32. The number of benzene rings is 2. The van der Waals surface area contributed by atoms with Gasteiger partial charge in [0.1, 0.15) is 24.9 Å². The van der Waals surface area contributed by atoms with E-state index in [4.69, 9.17) is 9.47 Å². The number of hydrogen-bond donors (Lipinski definition) is 2. The Labute approximate surface area is 201 Å². The Hall–Kier alpha value is -2.20. The van der Waals surface area contributed by atoms with Crippen molar-refractivity contribution in [1.82, 2.24) is 0 Å². The summed E-state index contributed by atoms with van der Waals surface area (Å²) in [5, 5.41) is 20.7. The van der Waals surface area contributed by atoms with Crippen LogP contribution in [-0.2, 0) is 20.6 Å². The van der Waals surface area contributed by atoms with Crippen molar-refractivity contribution in [2.75, 3.05) is 19.0 Å². The zero-order chi connectivity index (χ0) is 24.5. The van der Waals surface area contributed by atoms with Crippen molar-refractivity contribution in [3.8, 4) is 0 Å². The molecule has 1 fully saturated rings. The fourth-order valence-corrected chi connectivity index (χ4v) is 5.58. The highest BCUT2D eigenvalue weighted by Gasteiger charge is 2.58. The normalized spacial score (nSPS) is 27.8. The van der Waals surface area contributed by atoms with Gasteiger partial charge in [-0.05, 0) is 41.7 Å². The minimum atomic E-state index is -3.82. The molecule has 2 aromatic rings. The number of alkyl halides is 2. The molecule has 0 spiro atoms. The highest BCUT2D eigenvalue weighted by molar-refractivity contribution is 7.99. The molecule has 0 aromatic heterocycles. The Morgan fingerprint density at radius 1 is 1.12 bits per heavy atom. The summed E-state index contributed by atoms with van der Waals surface area (Å²) in [7, 11) is 0. The number of carbonyl (C=O) groups is 1. The Kier molecular flexibility index (Phi) is 7.47. The molecule has 2 aromatic carbocycles. The van der Waals surface area contributed by atoms with Gasteiger partial charge in [-0.3, -0.25) is 0 Å². The van der Waals surface area contributed by atoms with Crippen molar-refractivity contribution < 1.29 is 38.0 Å². The van der Waals surface area contributed by atoms with Gasteiger partial charge >= 0.3 is 12.1 Å². The van der Waals surface area contributed by atoms with E-state index in [9.17, 15) is 23.8 Å². The first-order valence-electron chi connectivity index (χ1n) is 11.3. The molecule has 4 unspecified atom stereocenters. The van der Waals surface area contributed by atoms with Crippen molar-refractivity contribution in [1.29, 1.82) is 0 Å². The van der Waals surface area contributed by atoms with Gasteiger partial charge in [0, 0.05) is 16.6 Å². The molecule has 9 heteroatoms. The summed E-state index contributed by atoms with van der Waals surface area (Å²) in [5.74, 6) is -2.87. The molecular formula is C25H28F2O6S. The molecule has 0 saturated carbocycles. The van der Waals surface area contributed by atoms with Gasteiger partial charge in [0.05, 0.1) is 6.61 Å². The van der Waals surface area contributed by atoms with Crippen LogP contribution in [0.25, 0.3) is 0 Å². The number of ether oxygens (including phenoxy) is 3. The van der Waals surface area contributed by atoms with Gasteiger partial charge in [-0.25, -0.2) is 13.6 Å². The number of thioether (sulfide) groups is 1. The standard InChI is InChI=1S/C25H28F2O6S/c1-3-14-5-7-15(8-6-14)18-13-34-19-10-9-16(11-17(18)19)22-21(28)23(29)25(26,27)20(33-22)12-32-24(30)31-4-2/h5-11,18,20-23,28-29H,3-4,12-13H2,1-2H3/t18-,20?,21?,22?,23?/m0/s1. The molecule has 2 heterocycles. The topological polar surface area (TPSA) is 85.2 Å². The molecule has 4 rings (SSSR count). The highest BCUT2D eigenvalue weighted by Crippen LogP contribution is 2.46.